The van der Waals surface area contributed by atoms with Crippen LogP contribution < -0.4 is 0 Å². The Balaban J connectivity index is 1.88. The van der Waals surface area contributed by atoms with Crippen molar-refractivity contribution in [2.24, 2.45) is 17.3 Å². The minimum Gasteiger partial charge on any atom is -0.393 e. The number of carbonyl (C=O) groups is 1. The van der Waals surface area contributed by atoms with Crippen LogP contribution in [0.3, 0.4) is 0 Å². The van der Waals surface area contributed by atoms with Crippen molar-refractivity contribution in [3.05, 3.63) is 0 Å². The average Bonchev–Trinajstić information content (AvgIpc) is 2.39. The second-order valence-electron chi connectivity index (χ2n) is 7.04. The van der Waals surface area contributed by atoms with E-state index in [1.807, 2.05) is 6.92 Å². The van der Waals surface area contributed by atoms with Crippen molar-refractivity contribution < 1.29 is 9.90 Å². The summed E-state index contributed by atoms with van der Waals surface area (Å²) < 4.78 is 0. The van der Waals surface area contributed by atoms with Crippen LogP contribution in [0.1, 0.15) is 52.4 Å². The molecule has 2 aliphatic rings. The van der Waals surface area contributed by atoms with Gasteiger partial charge in [0.25, 0.3) is 0 Å². The fourth-order valence-corrected chi connectivity index (χ4v) is 4.03. The molecule has 1 aliphatic heterocycles. The molecule has 3 atom stereocenters. The van der Waals surface area contributed by atoms with Crippen LogP contribution in [0.15, 0.2) is 0 Å². The van der Waals surface area contributed by atoms with Crippen LogP contribution in [-0.2, 0) is 4.79 Å². The molecule has 1 heterocycles. The highest BCUT2D eigenvalue weighted by atomic mass is 16.3. The third kappa shape index (κ3) is 3.79. The van der Waals surface area contributed by atoms with Gasteiger partial charge in [-0.05, 0) is 57.5 Å². The summed E-state index contributed by atoms with van der Waals surface area (Å²) in [6, 6.07) is 0. The summed E-state index contributed by atoms with van der Waals surface area (Å²) in [4.78, 5) is 14.1. The molecular formula is C16H29NO2. The van der Waals surface area contributed by atoms with E-state index in [1.54, 1.807) is 0 Å². The molecule has 3 heteroatoms. The molecule has 1 aliphatic carbocycles. The molecule has 1 N–H and O–H groups in total. The predicted molar refractivity (Wildman–Crippen MR) is 77.0 cm³/mol. The molecule has 0 aromatic carbocycles. The van der Waals surface area contributed by atoms with Gasteiger partial charge in [0, 0.05) is 12.0 Å². The normalized spacial score (nSPS) is 36.1. The molecule has 0 radical (unpaired) electrons. The lowest BCUT2D eigenvalue weighted by atomic mass is 9.70. The number of piperidine rings is 1. The van der Waals surface area contributed by atoms with E-state index >= 15 is 0 Å². The first-order valence-electron chi connectivity index (χ1n) is 7.91. The van der Waals surface area contributed by atoms with E-state index in [9.17, 15) is 9.90 Å². The van der Waals surface area contributed by atoms with E-state index in [2.05, 4.69) is 11.8 Å². The highest BCUT2D eigenvalue weighted by Gasteiger charge is 2.37. The largest absolute Gasteiger partial charge is 0.393 e. The topological polar surface area (TPSA) is 40.5 Å². The second-order valence-corrected chi connectivity index (χ2v) is 7.04. The van der Waals surface area contributed by atoms with Crippen molar-refractivity contribution >= 4 is 6.29 Å². The van der Waals surface area contributed by atoms with E-state index in [4.69, 9.17) is 0 Å². The molecule has 110 valence electrons. The summed E-state index contributed by atoms with van der Waals surface area (Å²) >= 11 is 0. The first-order valence-corrected chi connectivity index (χ1v) is 7.91. The van der Waals surface area contributed by atoms with E-state index in [1.165, 1.54) is 19.1 Å². The zero-order valence-corrected chi connectivity index (χ0v) is 12.5. The Labute approximate surface area is 117 Å². The van der Waals surface area contributed by atoms with Gasteiger partial charge in [-0.2, -0.15) is 0 Å². The van der Waals surface area contributed by atoms with Gasteiger partial charge < -0.3 is 14.8 Å². The van der Waals surface area contributed by atoms with Gasteiger partial charge in [-0.3, -0.25) is 0 Å². The number of rotatable bonds is 4. The summed E-state index contributed by atoms with van der Waals surface area (Å²) in [6.07, 6.45) is 7.80. The fourth-order valence-electron chi connectivity index (χ4n) is 4.03. The molecule has 19 heavy (non-hydrogen) atoms. The molecule has 0 aromatic heterocycles. The monoisotopic (exact) mass is 267 g/mol. The molecule has 1 saturated heterocycles. The Bertz CT molecular complexity index is 297. The number of likely N-dealkylation sites (tertiary alicyclic amines) is 1. The fraction of sp³-hybridized carbons (Fsp3) is 0.938. The molecule has 0 amide bonds. The number of nitrogens with zero attached hydrogens (tertiary/aromatic N) is 1. The van der Waals surface area contributed by atoms with E-state index in [-0.39, 0.29) is 11.5 Å². The molecule has 2 fully saturated rings. The number of carbonyl (C=O) groups excluding carboxylic acids is 1. The van der Waals surface area contributed by atoms with Gasteiger partial charge in [-0.1, -0.05) is 19.8 Å². The highest BCUT2D eigenvalue weighted by molar-refractivity contribution is 5.60. The van der Waals surface area contributed by atoms with Gasteiger partial charge in [0.05, 0.1) is 6.10 Å². The SMILES string of the molecule is CC1CCCC(C=O)(CN2CCC(C(C)O)CC2)C1. The number of aliphatic hydroxyl groups excluding tert-OH is 1. The van der Waals surface area contributed by atoms with Crippen molar-refractivity contribution in [3.63, 3.8) is 0 Å². The van der Waals surface area contributed by atoms with Crippen LogP contribution in [0.5, 0.6) is 0 Å². The smallest absolute Gasteiger partial charge is 0.127 e. The predicted octanol–water partition coefficient (Wildman–Crippen LogP) is 2.47. The van der Waals surface area contributed by atoms with Crippen LogP contribution >= 0.6 is 0 Å². The quantitative estimate of drug-likeness (QED) is 0.796. The molecule has 2 rings (SSSR count). The second kappa shape index (κ2) is 6.36. The minimum atomic E-state index is -0.183. The summed E-state index contributed by atoms with van der Waals surface area (Å²) in [5, 5.41) is 9.64. The summed E-state index contributed by atoms with van der Waals surface area (Å²) in [6.45, 7) is 7.19. The van der Waals surface area contributed by atoms with E-state index in [0.717, 1.165) is 45.3 Å². The number of aliphatic hydroxyl groups is 1. The molecule has 0 aromatic rings. The number of aldehydes is 1. The van der Waals surface area contributed by atoms with Gasteiger partial charge in [0.15, 0.2) is 0 Å². The Hall–Kier alpha value is -0.410. The maximum atomic E-state index is 11.6. The first kappa shape index (κ1) is 15.0. The molecule has 3 nitrogen and oxygen atoms in total. The maximum Gasteiger partial charge on any atom is 0.127 e. The molecule has 1 saturated carbocycles. The maximum absolute atomic E-state index is 11.6. The Morgan fingerprint density at radius 1 is 1.37 bits per heavy atom. The average molecular weight is 267 g/mol. The van der Waals surface area contributed by atoms with Crippen LogP contribution in [0.25, 0.3) is 0 Å². The van der Waals surface area contributed by atoms with Gasteiger partial charge in [0.1, 0.15) is 6.29 Å². The molecular weight excluding hydrogens is 238 g/mol. The molecule has 0 spiro atoms. The lowest BCUT2D eigenvalue weighted by molar-refractivity contribution is -0.120. The van der Waals surface area contributed by atoms with Crippen molar-refractivity contribution in [2.75, 3.05) is 19.6 Å². The third-order valence-electron chi connectivity index (χ3n) is 5.23. The molecule has 0 bridgehead atoms. The Morgan fingerprint density at radius 3 is 2.58 bits per heavy atom. The van der Waals surface area contributed by atoms with E-state index in [0.29, 0.717) is 11.8 Å². The lowest BCUT2D eigenvalue weighted by Crippen LogP contribution is -2.45. The van der Waals surface area contributed by atoms with E-state index < -0.39 is 0 Å². The zero-order chi connectivity index (χ0) is 13.9. The minimum absolute atomic E-state index is 0.0880. The molecule has 3 unspecified atom stereocenters. The third-order valence-corrected chi connectivity index (χ3v) is 5.23. The van der Waals surface area contributed by atoms with Crippen LogP contribution in [0, 0.1) is 17.3 Å². The van der Waals surface area contributed by atoms with Crippen LogP contribution in [0.4, 0.5) is 0 Å². The summed E-state index contributed by atoms with van der Waals surface area (Å²) in [7, 11) is 0. The van der Waals surface area contributed by atoms with Crippen molar-refractivity contribution in [3.8, 4) is 0 Å². The zero-order valence-electron chi connectivity index (χ0n) is 12.5. The van der Waals surface area contributed by atoms with Crippen molar-refractivity contribution in [1.82, 2.24) is 4.90 Å². The summed E-state index contributed by atoms with van der Waals surface area (Å²) in [5.74, 6) is 1.14. The standard InChI is InChI=1S/C16H29NO2/c1-13-4-3-7-16(10-13,12-18)11-17-8-5-15(6-9-17)14(2)19/h12-15,19H,3-11H2,1-2H3. The Morgan fingerprint density at radius 2 is 2.05 bits per heavy atom. The van der Waals surface area contributed by atoms with Gasteiger partial charge in [-0.15, -0.1) is 0 Å². The highest BCUT2D eigenvalue weighted by Crippen LogP contribution is 2.39. The Kier molecular flexibility index (Phi) is 5.02. The summed E-state index contributed by atoms with van der Waals surface area (Å²) in [5.41, 5.74) is -0.0880. The van der Waals surface area contributed by atoms with Gasteiger partial charge in [0.2, 0.25) is 0 Å². The van der Waals surface area contributed by atoms with Crippen LogP contribution in [-0.4, -0.2) is 42.0 Å². The lowest BCUT2D eigenvalue weighted by Gasteiger charge is -2.42. The van der Waals surface area contributed by atoms with Gasteiger partial charge >= 0.3 is 0 Å². The van der Waals surface area contributed by atoms with Gasteiger partial charge in [-0.25, -0.2) is 0 Å². The first-order chi connectivity index (χ1) is 9.04. The van der Waals surface area contributed by atoms with Crippen molar-refractivity contribution in [1.29, 1.82) is 0 Å². The number of hydrogen-bond acceptors (Lipinski definition) is 3. The number of hydrogen-bond donors (Lipinski definition) is 1. The van der Waals surface area contributed by atoms with Crippen LogP contribution in [0.2, 0.25) is 0 Å². The van der Waals surface area contributed by atoms with Crippen molar-refractivity contribution in [2.45, 2.75) is 58.5 Å².